The van der Waals surface area contributed by atoms with Gasteiger partial charge in [-0.05, 0) is 29.5 Å². The molecule has 0 spiro atoms. The van der Waals surface area contributed by atoms with Crippen molar-refractivity contribution in [3.05, 3.63) is 29.3 Å². The molecule has 1 aromatic rings. The predicted molar refractivity (Wildman–Crippen MR) is 77.3 cm³/mol. The summed E-state index contributed by atoms with van der Waals surface area (Å²) in [7, 11) is 0. The molecule has 0 aliphatic carbocycles. The van der Waals surface area contributed by atoms with Gasteiger partial charge in [-0.3, -0.25) is 0 Å². The van der Waals surface area contributed by atoms with E-state index in [4.69, 9.17) is 10.5 Å². The van der Waals surface area contributed by atoms with E-state index in [1.807, 2.05) is 0 Å². The molecular formula is C15H26N2O. The molecule has 3 heteroatoms. The summed E-state index contributed by atoms with van der Waals surface area (Å²) in [5.74, 6) is 0.970. The first-order valence-electron chi connectivity index (χ1n) is 6.60. The van der Waals surface area contributed by atoms with E-state index >= 15 is 0 Å². The lowest BCUT2D eigenvalue weighted by Gasteiger charge is -2.20. The number of ether oxygens (including phenoxy) is 1. The molecule has 1 aromatic carbocycles. The zero-order valence-corrected chi connectivity index (χ0v) is 12.0. The van der Waals surface area contributed by atoms with Gasteiger partial charge >= 0.3 is 0 Å². The van der Waals surface area contributed by atoms with Crippen molar-refractivity contribution < 1.29 is 4.74 Å². The van der Waals surface area contributed by atoms with E-state index < -0.39 is 0 Å². The Labute approximate surface area is 111 Å². The van der Waals surface area contributed by atoms with Crippen LogP contribution in [-0.4, -0.2) is 26.2 Å². The Kier molecular flexibility index (Phi) is 5.63. The van der Waals surface area contributed by atoms with Gasteiger partial charge in [0.15, 0.2) is 0 Å². The smallest absolute Gasteiger partial charge is 0.122 e. The number of aryl methyl sites for hydroxylation is 1. The molecule has 0 bridgehead atoms. The van der Waals surface area contributed by atoms with E-state index in [0.29, 0.717) is 13.2 Å². The van der Waals surface area contributed by atoms with Crippen LogP contribution in [0.3, 0.4) is 0 Å². The van der Waals surface area contributed by atoms with Gasteiger partial charge in [0.1, 0.15) is 12.4 Å². The van der Waals surface area contributed by atoms with Gasteiger partial charge in [-0.25, -0.2) is 0 Å². The van der Waals surface area contributed by atoms with Crippen molar-refractivity contribution in [2.24, 2.45) is 5.73 Å². The highest BCUT2D eigenvalue weighted by Gasteiger charge is 2.14. The Morgan fingerprint density at radius 2 is 1.94 bits per heavy atom. The van der Waals surface area contributed by atoms with Crippen molar-refractivity contribution in [3.8, 4) is 5.75 Å². The first kappa shape index (κ1) is 15.0. The second-order valence-corrected chi connectivity index (χ2v) is 5.62. The maximum absolute atomic E-state index is 5.75. The predicted octanol–water partition coefficient (Wildman–Crippen LogP) is 2.22. The Morgan fingerprint density at radius 3 is 2.50 bits per heavy atom. The van der Waals surface area contributed by atoms with E-state index in [2.05, 4.69) is 51.2 Å². The fourth-order valence-electron chi connectivity index (χ4n) is 1.74. The number of nitrogens with two attached hydrogens (primary N) is 1. The van der Waals surface area contributed by atoms with Crippen LogP contribution >= 0.6 is 0 Å². The van der Waals surface area contributed by atoms with Crippen LogP contribution in [-0.2, 0) is 5.41 Å². The number of benzene rings is 1. The van der Waals surface area contributed by atoms with Crippen LogP contribution in [0.25, 0.3) is 0 Å². The van der Waals surface area contributed by atoms with Gasteiger partial charge in [-0.1, -0.05) is 32.9 Å². The average molecular weight is 250 g/mol. The lowest BCUT2D eigenvalue weighted by atomic mass is 9.86. The first-order valence-corrected chi connectivity index (χ1v) is 6.60. The molecule has 102 valence electrons. The van der Waals surface area contributed by atoms with Gasteiger partial charge < -0.3 is 15.8 Å². The van der Waals surface area contributed by atoms with Gasteiger partial charge in [0.25, 0.3) is 0 Å². The highest BCUT2D eigenvalue weighted by Crippen LogP contribution is 2.27. The molecule has 0 aromatic heterocycles. The maximum atomic E-state index is 5.75. The van der Waals surface area contributed by atoms with Gasteiger partial charge in [0.05, 0.1) is 0 Å². The minimum absolute atomic E-state index is 0.186. The molecule has 0 saturated carbocycles. The molecule has 3 nitrogen and oxygen atoms in total. The van der Waals surface area contributed by atoms with Crippen LogP contribution in [0.5, 0.6) is 5.75 Å². The summed E-state index contributed by atoms with van der Waals surface area (Å²) in [6.45, 7) is 11.8. The van der Waals surface area contributed by atoms with Gasteiger partial charge in [0.2, 0.25) is 0 Å². The molecule has 0 heterocycles. The summed E-state index contributed by atoms with van der Waals surface area (Å²) in [5, 5.41) is 3.21. The van der Waals surface area contributed by atoms with E-state index in [1.54, 1.807) is 0 Å². The van der Waals surface area contributed by atoms with Crippen molar-refractivity contribution in [2.45, 2.75) is 33.1 Å². The standard InChI is InChI=1S/C15H26N2O/c1-12-11-13(15(2,3)4)5-6-14(12)18-10-9-17-8-7-16/h5-6,11,17H,7-10,16H2,1-4H3. The Hall–Kier alpha value is -1.06. The number of hydrogen-bond acceptors (Lipinski definition) is 3. The lowest BCUT2D eigenvalue weighted by Crippen LogP contribution is -2.26. The third-order valence-corrected chi connectivity index (χ3v) is 2.90. The van der Waals surface area contributed by atoms with Crippen LogP contribution in [0.2, 0.25) is 0 Å². The van der Waals surface area contributed by atoms with Crippen LogP contribution in [0, 0.1) is 6.92 Å². The van der Waals surface area contributed by atoms with Crippen molar-refractivity contribution in [2.75, 3.05) is 26.2 Å². The van der Waals surface area contributed by atoms with Crippen LogP contribution in [0.1, 0.15) is 31.9 Å². The Balaban J connectivity index is 2.53. The number of nitrogens with one attached hydrogen (secondary N) is 1. The zero-order chi connectivity index (χ0) is 13.6. The topological polar surface area (TPSA) is 47.3 Å². The molecule has 0 aliphatic rings. The van der Waals surface area contributed by atoms with Crippen molar-refractivity contribution in [3.63, 3.8) is 0 Å². The van der Waals surface area contributed by atoms with Crippen molar-refractivity contribution in [1.29, 1.82) is 0 Å². The molecule has 0 aliphatic heterocycles. The van der Waals surface area contributed by atoms with Crippen LogP contribution < -0.4 is 15.8 Å². The molecule has 0 unspecified atom stereocenters. The van der Waals surface area contributed by atoms with E-state index in [1.165, 1.54) is 11.1 Å². The van der Waals surface area contributed by atoms with Crippen LogP contribution in [0.4, 0.5) is 0 Å². The molecule has 0 saturated heterocycles. The third-order valence-electron chi connectivity index (χ3n) is 2.90. The molecule has 18 heavy (non-hydrogen) atoms. The van der Waals surface area contributed by atoms with Gasteiger partial charge in [0, 0.05) is 19.6 Å². The summed E-state index contributed by atoms with van der Waals surface area (Å²) in [6, 6.07) is 6.43. The Bertz CT molecular complexity index is 369. The van der Waals surface area contributed by atoms with E-state index in [-0.39, 0.29) is 5.41 Å². The molecule has 0 fully saturated rings. The first-order chi connectivity index (χ1) is 8.45. The average Bonchev–Trinajstić information content (AvgIpc) is 2.29. The summed E-state index contributed by atoms with van der Waals surface area (Å²) in [5.41, 5.74) is 8.12. The summed E-state index contributed by atoms with van der Waals surface area (Å²) in [4.78, 5) is 0. The summed E-state index contributed by atoms with van der Waals surface area (Å²) >= 11 is 0. The molecule has 0 atom stereocenters. The van der Waals surface area contributed by atoms with E-state index in [0.717, 1.165) is 18.8 Å². The lowest BCUT2D eigenvalue weighted by molar-refractivity contribution is 0.312. The number of rotatable bonds is 6. The zero-order valence-electron chi connectivity index (χ0n) is 12.0. The highest BCUT2D eigenvalue weighted by atomic mass is 16.5. The minimum Gasteiger partial charge on any atom is -0.492 e. The number of hydrogen-bond donors (Lipinski definition) is 2. The largest absolute Gasteiger partial charge is 0.492 e. The van der Waals surface area contributed by atoms with Gasteiger partial charge in [-0.2, -0.15) is 0 Å². The third kappa shape index (κ3) is 4.67. The van der Waals surface area contributed by atoms with Crippen molar-refractivity contribution >= 4 is 0 Å². The summed E-state index contributed by atoms with van der Waals surface area (Å²) in [6.07, 6.45) is 0. The fourth-order valence-corrected chi connectivity index (χ4v) is 1.74. The molecule has 0 radical (unpaired) electrons. The maximum Gasteiger partial charge on any atom is 0.122 e. The fraction of sp³-hybridized carbons (Fsp3) is 0.600. The normalized spacial score (nSPS) is 11.6. The SMILES string of the molecule is Cc1cc(C(C)(C)C)ccc1OCCNCCN. The molecular weight excluding hydrogens is 224 g/mol. The van der Waals surface area contributed by atoms with Crippen molar-refractivity contribution in [1.82, 2.24) is 5.32 Å². The van der Waals surface area contributed by atoms with E-state index in [9.17, 15) is 0 Å². The summed E-state index contributed by atoms with van der Waals surface area (Å²) < 4.78 is 5.75. The second-order valence-electron chi connectivity index (χ2n) is 5.62. The minimum atomic E-state index is 0.186. The molecule has 3 N–H and O–H groups in total. The Morgan fingerprint density at radius 1 is 1.22 bits per heavy atom. The van der Waals surface area contributed by atoms with Gasteiger partial charge in [-0.15, -0.1) is 0 Å². The molecule has 0 amide bonds. The highest BCUT2D eigenvalue weighted by molar-refractivity contribution is 5.38. The van der Waals surface area contributed by atoms with Crippen LogP contribution in [0.15, 0.2) is 18.2 Å². The molecule has 1 rings (SSSR count). The quantitative estimate of drug-likeness (QED) is 0.761. The monoisotopic (exact) mass is 250 g/mol. The second kappa shape index (κ2) is 6.76.